The molecule has 0 atom stereocenters. The number of anilines is 2. The average molecular weight is 340 g/mol. The van der Waals surface area contributed by atoms with Crippen LogP contribution in [0.5, 0.6) is 0 Å². The van der Waals surface area contributed by atoms with Crippen molar-refractivity contribution in [3.8, 4) is 0 Å². The Hall–Kier alpha value is -2.63. The molecule has 0 bridgehead atoms. The number of aromatic nitrogens is 2. The van der Waals surface area contributed by atoms with Gasteiger partial charge in [-0.3, -0.25) is 4.79 Å². The summed E-state index contributed by atoms with van der Waals surface area (Å²) in [6, 6.07) is 12.0. The Morgan fingerprint density at radius 1 is 1.20 bits per heavy atom. The van der Waals surface area contributed by atoms with Gasteiger partial charge in [-0.1, -0.05) is 30.3 Å². The summed E-state index contributed by atoms with van der Waals surface area (Å²) < 4.78 is 0. The molecule has 1 aliphatic rings. The van der Waals surface area contributed by atoms with Crippen molar-refractivity contribution >= 4 is 17.6 Å². The second-order valence-electron chi connectivity index (χ2n) is 6.71. The van der Waals surface area contributed by atoms with Crippen LogP contribution in [0, 0.1) is 5.41 Å². The van der Waals surface area contributed by atoms with Gasteiger partial charge in [-0.05, 0) is 37.7 Å². The van der Waals surface area contributed by atoms with Crippen LogP contribution < -0.4 is 10.6 Å². The number of rotatable bonds is 6. The lowest BCUT2D eigenvalue weighted by Gasteiger charge is -2.39. The maximum Gasteiger partial charge on any atom is 0.309 e. The number of nitrogens with two attached hydrogens (primary N) is 1. The molecule has 2 heterocycles. The number of nitrogens with zero attached hydrogens (tertiary/aromatic N) is 3. The zero-order chi connectivity index (χ0) is 17.7. The molecule has 25 heavy (non-hydrogen) atoms. The third-order valence-electron chi connectivity index (χ3n) is 5.14. The summed E-state index contributed by atoms with van der Waals surface area (Å²) in [4.78, 5) is 22.2. The van der Waals surface area contributed by atoms with Crippen LogP contribution in [0.25, 0.3) is 0 Å². The van der Waals surface area contributed by atoms with E-state index >= 15 is 0 Å². The summed E-state index contributed by atoms with van der Waals surface area (Å²) in [5, 5.41) is 9.82. The number of hydrogen-bond donors (Lipinski definition) is 2. The van der Waals surface area contributed by atoms with Crippen LogP contribution in [0.2, 0.25) is 0 Å². The second kappa shape index (κ2) is 7.51. The fraction of sp³-hybridized carbons (Fsp3) is 0.421. The lowest BCUT2D eigenvalue weighted by atomic mass is 9.74. The summed E-state index contributed by atoms with van der Waals surface area (Å²) in [6.07, 6.45) is 5.21. The van der Waals surface area contributed by atoms with Crippen molar-refractivity contribution in [2.24, 2.45) is 5.41 Å². The molecule has 0 saturated carbocycles. The third-order valence-corrected chi connectivity index (χ3v) is 5.14. The number of hydrogen-bond acceptors (Lipinski definition) is 5. The van der Waals surface area contributed by atoms with Crippen LogP contribution in [-0.4, -0.2) is 34.1 Å². The number of aryl methyl sites for hydroxylation is 1. The molecule has 0 amide bonds. The van der Waals surface area contributed by atoms with E-state index in [0.717, 1.165) is 18.7 Å². The minimum atomic E-state index is -0.678. The zero-order valence-corrected chi connectivity index (χ0v) is 14.3. The van der Waals surface area contributed by atoms with Gasteiger partial charge in [-0.25, -0.2) is 9.97 Å². The van der Waals surface area contributed by atoms with Gasteiger partial charge in [0.25, 0.3) is 0 Å². The summed E-state index contributed by atoms with van der Waals surface area (Å²) in [6.45, 7) is 1.35. The monoisotopic (exact) mass is 340 g/mol. The molecule has 3 rings (SSSR count). The number of carbonyl (C=O) groups is 1. The first kappa shape index (κ1) is 17.2. The van der Waals surface area contributed by atoms with Crippen molar-refractivity contribution in [3.63, 3.8) is 0 Å². The van der Waals surface area contributed by atoms with Crippen molar-refractivity contribution in [3.05, 3.63) is 48.3 Å². The lowest BCUT2D eigenvalue weighted by Crippen LogP contribution is -2.44. The standard InChI is InChI=1S/C19H24N4O2/c20-16-13-17(22-14-21-16)23-11-9-19(10-12-23,18(24)25)8-4-7-15-5-2-1-3-6-15/h1-3,5-6,13-14H,4,7-12H2,(H,24,25)(H2,20,21,22). The van der Waals surface area contributed by atoms with Gasteiger partial charge in [0.1, 0.15) is 18.0 Å². The Labute approximate surface area is 147 Å². The molecule has 1 aromatic carbocycles. The van der Waals surface area contributed by atoms with E-state index in [0.29, 0.717) is 38.2 Å². The smallest absolute Gasteiger partial charge is 0.309 e. The third kappa shape index (κ3) is 4.07. The van der Waals surface area contributed by atoms with Crippen LogP contribution in [0.3, 0.4) is 0 Å². The Kier molecular flexibility index (Phi) is 5.16. The minimum absolute atomic E-state index is 0.433. The van der Waals surface area contributed by atoms with Crippen LogP contribution in [-0.2, 0) is 11.2 Å². The molecule has 6 nitrogen and oxygen atoms in total. The molecule has 0 radical (unpaired) electrons. The van der Waals surface area contributed by atoms with E-state index in [1.54, 1.807) is 6.07 Å². The summed E-state index contributed by atoms with van der Waals surface area (Å²) in [5.74, 6) is 0.529. The molecule has 1 aromatic heterocycles. The second-order valence-corrected chi connectivity index (χ2v) is 6.71. The Morgan fingerprint density at radius 2 is 1.92 bits per heavy atom. The molecule has 1 aliphatic heterocycles. The highest BCUT2D eigenvalue weighted by molar-refractivity contribution is 5.75. The number of piperidine rings is 1. The van der Waals surface area contributed by atoms with Crippen molar-refractivity contribution in [2.75, 3.05) is 23.7 Å². The highest BCUT2D eigenvalue weighted by atomic mass is 16.4. The van der Waals surface area contributed by atoms with Crippen molar-refractivity contribution in [1.29, 1.82) is 0 Å². The highest BCUT2D eigenvalue weighted by Crippen LogP contribution is 2.38. The van der Waals surface area contributed by atoms with Gasteiger partial charge in [-0.15, -0.1) is 0 Å². The minimum Gasteiger partial charge on any atom is -0.481 e. The molecule has 3 N–H and O–H groups in total. The fourth-order valence-corrected chi connectivity index (χ4v) is 3.54. The van der Waals surface area contributed by atoms with Gasteiger partial charge in [0, 0.05) is 19.2 Å². The van der Waals surface area contributed by atoms with E-state index < -0.39 is 11.4 Å². The molecule has 2 aromatic rings. The lowest BCUT2D eigenvalue weighted by molar-refractivity contribution is -0.151. The molecule has 0 unspecified atom stereocenters. The van der Waals surface area contributed by atoms with Crippen molar-refractivity contribution < 1.29 is 9.90 Å². The van der Waals surface area contributed by atoms with Crippen molar-refractivity contribution in [2.45, 2.75) is 32.1 Å². The largest absolute Gasteiger partial charge is 0.481 e. The summed E-state index contributed by atoms with van der Waals surface area (Å²) in [5.41, 5.74) is 6.34. The Balaban J connectivity index is 1.60. The average Bonchev–Trinajstić information content (AvgIpc) is 2.63. The SMILES string of the molecule is Nc1cc(N2CCC(CCCc3ccccc3)(C(=O)O)CC2)ncn1. The molecular weight excluding hydrogens is 316 g/mol. The first-order valence-corrected chi connectivity index (χ1v) is 8.69. The van der Waals surface area contributed by atoms with E-state index in [1.807, 2.05) is 18.2 Å². The maximum atomic E-state index is 12.0. The van der Waals surface area contributed by atoms with Gasteiger partial charge >= 0.3 is 5.97 Å². The molecule has 0 spiro atoms. The molecular formula is C19H24N4O2. The highest BCUT2D eigenvalue weighted by Gasteiger charge is 2.41. The van der Waals surface area contributed by atoms with Gasteiger partial charge < -0.3 is 15.7 Å². The molecule has 0 aliphatic carbocycles. The maximum absolute atomic E-state index is 12.0. The van der Waals surface area contributed by atoms with Gasteiger partial charge in [0.2, 0.25) is 0 Å². The van der Waals surface area contributed by atoms with E-state index in [9.17, 15) is 9.90 Å². The van der Waals surface area contributed by atoms with E-state index in [-0.39, 0.29) is 0 Å². The molecule has 1 saturated heterocycles. The number of carboxylic acids is 1. The predicted octanol–water partition coefficient (Wildman–Crippen LogP) is 2.75. The number of nitrogen functional groups attached to an aromatic ring is 1. The van der Waals surface area contributed by atoms with Gasteiger partial charge in [-0.2, -0.15) is 0 Å². The zero-order valence-electron chi connectivity index (χ0n) is 14.3. The Bertz CT molecular complexity index is 712. The van der Waals surface area contributed by atoms with Crippen LogP contribution >= 0.6 is 0 Å². The van der Waals surface area contributed by atoms with Gasteiger partial charge in [0.15, 0.2) is 0 Å². The summed E-state index contributed by atoms with van der Waals surface area (Å²) >= 11 is 0. The molecule has 132 valence electrons. The first-order chi connectivity index (χ1) is 12.1. The topological polar surface area (TPSA) is 92.3 Å². The normalized spacial score (nSPS) is 16.6. The van der Waals surface area contributed by atoms with Gasteiger partial charge in [0.05, 0.1) is 5.41 Å². The first-order valence-electron chi connectivity index (χ1n) is 8.69. The van der Waals surface area contributed by atoms with Crippen LogP contribution in [0.15, 0.2) is 42.7 Å². The van der Waals surface area contributed by atoms with E-state index in [2.05, 4.69) is 27.0 Å². The van der Waals surface area contributed by atoms with Crippen LogP contribution in [0.1, 0.15) is 31.2 Å². The quantitative estimate of drug-likeness (QED) is 0.840. The fourth-order valence-electron chi connectivity index (χ4n) is 3.54. The molecule has 6 heteroatoms. The molecule has 1 fully saturated rings. The van der Waals surface area contributed by atoms with E-state index in [1.165, 1.54) is 11.9 Å². The summed E-state index contributed by atoms with van der Waals surface area (Å²) in [7, 11) is 0. The number of aliphatic carboxylic acids is 1. The predicted molar refractivity (Wildman–Crippen MR) is 97.3 cm³/mol. The van der Waals surface area contributed by atoms with E-state index in [4.69, 9.17) is 5.73 Å². The van der Waals surface area contributed by atoms with Crippen molar-refractivity contribution in [1.82, 2.24) is 9.97 Å². The Morgan fingerprint density at radius 3 is 2.56 bits per heavy atom. The number of benzene rings is 1. The number of carboxylic acid groups (broad SMARTS) is 1. The van der Waals surface area contributed by atoms with Crippen LogP contribution in [0.4, 0.5) is 11.6 Å².